The van der Waals surface area contributed by atoms with Gasteiger partial charge in [0, 0.05) is 0 Å². The third-order valence-electron chi connectivity index (χ3n) is 0.218. The highest BCUT2D eigenvalue weighted by atomic mass is 35.5. The maximum atomic E-state index is 10.9. The number of halogens is 3. The van der Waals surface area contributed by atoms with Crippen LogP contribution in [0.2, 0.25) is 0 Å². The zero-order valence-corrected chi connectivity index (χ0v) is 4.38. The van der Waals surface area contributed by atoms with Crippen LogP contribution < -0.4 is 0 Å². The number of rotatable bonds is 1. The Kier molecular flexibility index (Phi) is 3.58. The van der Waals surface area contributed by atoms with Crippen molar-refractivity contribution in [3.8, 4) is 0 Å². The molecule has 0 amide bonds. The fraction of sp³-hybridized carbons (Fsp3) is 0.333. The zero-order valence-electron chi connectivity index (χ0n) is 2.87. The van der Waals surface area contributed by atoms with E-state index in [4.69, 9.17) is 23.2 Å². The van der Waals surface area contributed by atoms with Crippen molar-refractivity contribution in [1.82, 2.24) is 0 Å². The number of alkyl halides is 2. The molecule has 0 aliphatic heterocycles. The lowest BCUT2D eigenvalue weighted by Gasteiger charge is -1.79. The summed E-state index contributed by atoms with van der Waals surface area (Å²) in [5.74, 6) is 0. The Morgan fingerprint density at radius 3 is 2.00 bits per heavy atom. The van der Waals surface area contributed by atoms with Crippen molar-refractivity contribution in [3.63, 3.8) is 0 Å². The molecule has 0 heterocycles. The minimum absolute atomic E-state index is 0.310. The van der Waals surface area contributed by atoms with Gasteiger partial charge in [0.1, 0.15) is 4.84 Å². The SMILES string of the molecule is F/C=C/C(Cl)Cl. The van der Waals surface area contributed by atoms with Gasteiger partial charge in [0.05, 0.1) is 6.33 Å². The molecular weight excluding hydrogens is 126 g/mol. The topological polar surface area (TPSA) is 0 Å². The molecule has 36 valence electrons. The first kappa shape index (κ1) is 6.25. The van der Waals surface area contributed by atoms with Crippen molar-refractivity contribution in [2.24, 2.45) is 0 Å². The molecule has 0 atom stereocenters. The summed E-state index contributed by atoms with van der Waals surface area (Å²) in [5.41, 5.74) is 0. The largest absolute Gasteiger partial charge is 0.216 e. The van der Waals surface area contributed by atoms with Crippen molar-refractivity contribution in [2.75, 3.05) is 0 Å². The van der Waals surface area contributed by atoms with Crippen LogP contribution in [0.1, 0.15) is 0 Å². The third kappa shape index (κ3) is 4.25. The fourth-order valence-corrected chi connectivity index (χ4v) is 0.165. The van der Waals surface area contributed by atoms with Gasteiger partial charge in [-0.25, -0.2) is 4.39 Å². The number of hydrogen-bond acceptors (Lipinski definition) is 0. The summed E-state index contributed by atoms with van der Waals surface area (Å²) in [5, 5.41) is 0. The molecule has 0 bridgehead atoms. The lowest BCUT2D eigenvalue weighted by molar-refractivity contribution is 0.718. The summed E-state index contributed by atoms with van der Waals surface area (Å²) < 4.78 is 10.9. The first-order valence-electron chi connectivity index (χ1n) is 1.32. The summed E-state index contributed by atoms with van der Waals surface area (Å²) >= 11 is 10.0. The van der Waals surface area contributed by atoms with Gasteiger partial charge < -0.3 is 0 Å². The van der Waals surface area contributed by atoms with Crippen LogP contribution in [0.25, 0.3) is 0 Å². The van der Waals surface area contributed by atoms with E-state index in [1.54, 1.807) is 0 Å². The first-order chi connectivity index (χ1) is 2.77. The van der Waals surface area contributed by atoms with Crippen LogP contribution in [0, 0.1) is 0 Å². The van der Waals surface area contributed by atoms with Crippen molar-refractivity contribution >= 4 is 23.2 Å². The van der Waals surface area contributed by atoms with Gasteiger partial charge in [0.15, 0.2) is 0 Å². The Morgan fingerprint density at radius 2 is 2.00 bits per heavy atom. The second-order valence-electron chi connectivity index (χ2n) is 0.653. The molecule has 0 N–H and O–H groups in total. The van der Waals surface area contributed by atoms with Gasteiger partial charge in [0.25, 0.3) is 0 Å². The molecule has 0 nitrogen and oxygen atoms in total. The van der Waals surface area contributed by atoms with Crippen LogP contribution >= 0.6 is 23.2 Å². The monoisotopic (exact) mass is 128 g/mol. The molecule has 0 aromatic carbocycles. The normalized spacial score (nSPS) is 11.3. The van der Waals surface area contributed by atoms with E-state index in [1.807, 2.05) is 0 Å². The van der Waals surface area contributed by atoms with E-state index in [0.717, 1.165) is 6.08 Å². The highest BCUT2D eigenvalue weighted by Gasteiger charge is 1.84. The summed E-state index contributed by atoms with van der Waals surface area (Å²) in [6.45, 7) is 0. The number of allylic oxidation sites excluding steroid dienone is 1. The molecule has 0 aliphatic carbocycles. The maximum Gasteiger partial charge on any atom is 0.128 e. The molecule has 0 aliphatic rings. The van der Waals surface area contributed by atoms with Crippen LogP contribution in [0.15, 0.2) is 12.4 Å². The Morgan fingerprint density at radius 1 is 1.50 bits per heavy atom. The lowest BCUT2D eigenvalue weighted by atomic mass is 10.7. The average molecular weight is 129 g/mol. The Bertz CT molecular complexity index is 50.8. The van der Waals surface area contributed by atoms with Crippen LogP contribution in [-0.4, -0.2) is 4.84 Å². The van der Waals surface area contributed by atoms with Crippen molar-refractivity contribution < 1.29 is 4.39 Å². The molecule has 0 aromatic heterocycles. The second kappa shape index (κ2) is 3.44. The van der Waals surface area contributed by atoms with E-state index in [0.29, 0.717) is 6.33 Å². The third-order valence-corrected chi connectivity index (χ3v) is 0.509. The van der Waals surface area contributed by atoms with Gasteiger partial charge in [-0.3, -0.25) is 0 Å². The Balaban J connectivity index is 3.03. The van der Waals surface area contributed by atoms with Crippen LogP contribution in [0.5, 0.6) is 0 Å². The summed E-state index contributed by atoms with van der Waals surface area (Å²) in [4.78, 5) is -0.713. The fourth-order valence-electron chi connectivity index (χ4n) is 0.0550. The van der Waals surface area contributed by atoms with E-state index in [-0.39, 0.29) is 0 Å². The molecule has 0 aromatic rings. The molecule has 0 fully saturated rings. The van der Waals surface area contributed by atoms with E-state index >= 15 is 0 Å². The van der Waals surface area contributed by atoms with E-state index in [2.05, 4.69) is 0 Å². The minimum Gasteiger partial charge on any atom is -0.216 e. The molecule has 0 spiro atoms. The molecular formula is C3H3Cl2F. The molecule has 0 saturated carbocycles. The van der Waals surface area contributed by atoms with E-state index in [1.165, 1.54) is 0 Å². The van der Waals surface area contributed by atoms with Gasteiger partial charge in [0.2, 0.25) is 0 Å². The molecule has 0 unspecified atom stereocenters. The summed E-state index contributed by atoms with van der Waals surface area (Å²) in [7, 11) is 0. The molecule has 0 saturated heterocycles. The first-order valence-corrected chi connectivity index (χ1v) is 2.19. The van der Waals surface area contributed by atoms with Gasteiger partial charge in [-0.15, -0.1) is 23.2 Å². The van der Waals surface area contributed by atoms with Gasteiger partial charge in [-0.2, -0.15) is 0 Å². The quantitative estimate of drug-likeness (QED) is 0.476. The second-order valence-corrected chi connectivity index (χ2v) is 1.82. The average Bonchev–Trinajstić information content (AvgIpc) is 1.35. The van der Waals surface area contributed by atoms with Crippen molar-refractivity contribution in [2.45, 2.75) is 4.84 Å². The predicted molar refractivity (Wildman–Crippen MR) is 25.7 cm³/mol. The molecule has 0 rings (SSSR count). The highest BCUT2D eigenvalue weighted by Crippen LogP contribution is 2.01. The van der Waals surface area contributed by atoms with Gasteiger partial charge in [-0.1, -0.05) is 0 Å². The van der Waals surface area contributed by atoms with Crippen LogP contribution in [-0.2, 0) is 0 Å². The minimum atomic E-state index is -0.713. The number of hydrogen-bond donors (Lipinski definition) is 0. The summed E-state index contributed by atoms with van der Waals surface area (Å²) in [6, 6.07) is 0. The van der Waals surface area contributed by atoms with Crippen molar-refractivity contribution in [3.05, 3.63) is 12.4 Å². The van der Waals surface area contributed by atoms with Crippen molar-refractivity contribution in [1.29, 1.82) is 0 Å². The van der Waals surface area contributed by atoms with Crippen LogP contribution in [0.4, 0.5) is 4.39 Å². The predicted octanol–water partition coefficient (Wildman–Crippen LogP) is 2.27. The zero-order chi connectivity index (χ0) is 4.99. The maximum absolute atomic E-state index is 10.9. The highest BCUT2D eigenvalue weighted by molar-refractivity contribution is 6.45. The summed E-state index contributed by atoms with van der Waals surface area (Å²) in [6.07, 6.45) is 1.34. The van der Waals surface area contributed by atoms with E-state index < -0.39 is 4.84 Å². The smallest absolute Gasteiger partial charge is 0.128 e. The van der Waals surface area contributed by atoms with Gasteiger partial charge >= 0.3 is 0 Å². The molecule has 6 heavy (non-hydrogen) atoms. The van der Waals surface area contributed by atoms with E-state index in [9.17, 15) is 4.39 Å². The molecule has 0 radical (unpaired) electrons. The Hall–Kier alpha value is 0.250. The Labute approximate surface area is 45.6 Å². The standard InChI is InChI=1S/C3H3Cl2F/c4-3(5)1-2-6/h1-3H/b2-1+. The molecule has 3 heteroatoms. The lowest BCUT2D eigenvalue weighted by Crippen LogP contribution is -1.71. The van der Waals surface area contributed by atoms with Gasteiger partial charge in [-0.05, 0) is 6.08 Å². The van der Waals surface area contributed by atoms with Crippen LogP contribution in [0.3, 0.4) is 0 Å².